The van der Waals surface area contributed by atoms with E-state index in [1.807, 2.05) is 12.4 Å². The van der Waals surface area contributed by atoms with E-state index in [4.69, 9.17) is 9.68 Å². The molecule has 0 saturated carbocycles. The Morgan fingerprint density at radius 3 is 3.00 bits per heavy atom. The standard InChI is InChI=1S/C12H9N3O2S/c1-18-12(14-7-13)15-9-3-4-10-8(6-9)2-5-11(16)17-10/h2-6H,1H3,(H,14,15). The Kier molecular flexibility index (Phi) is 3.65. The normalized spacial score (nSPS) is 11.2. The number of hydrogen-bond acceptors (Lipinski definition) is 5. The lowest BCUT2D eigenvalue weighted by atomic mass is 10.2. The molecule has 1 aromatic heterocycles. The maximum Gasteiger partial charge on any atom is 0.336 e. The van der Waals surface area contributed by atoms with Crippen LogP contribution in [0.1, 0.15) is 0 Å². The van der Waals surface area contributed by atoms with Crippen molar-refractivity contribution in [1.82, 2.24) is 5.32 Å². The molecule has 1 aromatic carbocycles. The van der Waals surface area contributed by atoms with Crippen molar-refractivity contribution in [2.45, 2.75) is 0 Å². The Morgan fingerprint density at radius 2 is 2.28 bits per heavy atom. The van der Waals surface area contributed by atoms with Crippen LogP contribution in [0.5, 0.6) is 0 Å². The molecular weight excluding hydrogens is 250 g/mol. The Morgan fingerprint density at radius 1 is 1.44 bits per heavy atom. The number of amidine groups is 1. The van der Waals surface area contributed by atoms with Crippen molar-refractivity contribution < 1.29 is 4.42 Å². The molecule has 1 N–H and O–H groups in total. The second-order valence-corrected chi connectivity index (χ2v) is 4.13. The van der Waals surface area contributed by atoms with Crippen LogP contribution >= 0.6 is 11.8 Å². The van der Waals surface area contributed by atoms with Crippen molar-refractivity contribution >= 4 is 33.6 Å². The van der Waals surface area contributed by atoms with Gasteiger partial charge in [-0.2, -0.15) is 5.26 Å². The van der Waals surface area contributed by atoms with E-state index < -0.39 is 0 Å². The van der Waals surface area contributed by atoms with E-state index in [2.05, 4.69) is 10.3 Å². The summed E-state index contributed by atoms with van der Waals surface area (Å²) in [5, 5.41) is 12.3. The molecule has 6 heteroatoms. The van der Waals surface area contributed by atoms with Crippen LogP contribution in [-0.2, 0) is 0 Å². The number of nitrogens with one attached hydrogen (secondary N) is 1. The first kappa shape index (κ1) is 12.2. The average molecular weight is 259 g/mol. The van der Waals surface area contributed by atoms with Crippen LogP contribution in [0.25, 0.3) is 11.0 Å². The molecule has 0 atom stereocenters. The van der Waals surface area contributed by atoms with Gasteiger partial charge in [-0.05, 0) is 30.5 Å². The fourth-order valence-electron chi connectivity index (χ4n) is 1.42. The van der Waals surface area contributed by atoms with Gasteiger partial charge in [0.25, 0.3) is 0 Å². The minimum Gasteiger partial charge on any atom is -0.423 e. The maximum absolute atomic E-state index is 11.0. The van der Waals surface area contributed by atoms with Gasteiger partial charge in [-0.3, -0.25) is 5.32 Å². The molecule has 2 aromatic rings. The highest BCUT2D eigenvalue weighted by Crippen LogP contribution is 2.20. The van der Waals surface area contributed by atoms with Gasteiger partial charge < -0.3 is 4.42 Å². The first-order valence-corrected chi connectivity index (χ1v) is 6.27. The third kappa shape index (κ3) is 2.70. The van der Waals surface area contributed by atoms with Gasteiger partial charge in [0, 0.05) is 11.5 Å². The molecule has 0 radical (unpaired) electrons. The summed E-state index contributed by atoms with van der Waals surface area (Å²) in [6.45, 7) is 0. The van der Waals surface area contributed by atoms with Crippen molar-refractivity contribution in [3.05, 3.63) is 40.8 Å². The number of nitriles is 1. The SMILES string of the molecule is CSC(=Nc1ccc2oc(=O)ccc2c1)NC#N. The van der Waals surface area contributed by atoms with Gasteiger partial charge in [0.05, 0.1) is 5.69 Å². The van der Waals surface area contributed by atoms with Gasteiger partial charge in [0.1, 0.15) is 5.58 Å². The van der Waals surface area contributed by atoms with Crippen LogP contribution in [0, 0.1) is 11.5 Å². The molecule has 0 fully saturated rings. The second-order valence-electron chi connectivity index (χ2n) is 3.33. The van der Waals surface area contributed by atoms with Gasteiger partial charge in [-0.15, -0.1) is 0 Å². The number of benzene rings is 1. The first-order chi connectivity index (χ1) is 8.72. The van der Waals surface area contributed by atoms with E-state index in [1.165, 1.54) is 17.8 Å². The minimum absolute atomic E-state index is 0.380. The molecule has 18 heavy (non-hydrogen) atoms. The van der Waals surface area contributed by atoms with Gasteiger partial charge in [0.2, 0.25) is 0 Å². The monoisotopic (exact) mass is 259 g/mol. The number of nitrogens with zero attached hydrogens (tertiary/aromatic N) is 2. The summed E-state index contributed by atoms with van der Waals surface area (Å²) < 4.78 is 5.02. The van der Waals surface area contributed by atoms with Gasteiger partial charge >= 0.3 is 5.63 Å². The summed E-state index contributed by atoms with van der Waals surface area (Å²) in [6.07, 6.45) is 3.64. The molecule has 0 bridgehead atoms. The number of aliphatic imine (C=N–C) groups is 1. The molecule has 0 aliphatic rings. The lowest BCUT2D eigenvalue weighted by Crippen LogP contribution is -2.12. The maximum atomic E-state index is 11.0. The lowest BCUT2D eigenvalue weighted by Gasteiger charge is -2.01. The van der Waals surface area contributed by atoms with Crippen molar-refractivity contribution in [3.63, 3.8) is 0 Å². The summed E-state index contributed by atoms with van der Waals surface area (Å²) in [5.74, 6) is 0. The Hall–Kier alpha value is -2.26. The Labute approximate surface area is 107 Å². The highest BCUT2D eigenvalue weighted by Gasteiger charge is 2.00. The fourth-order valence-corrected chi connectivity index (χ4v) is 1.76. The number of rotatable bonds is 1. The summed E-state index contributed by atoms with van der Waals surface area (Å²) in [7, 11) is 0. The zero-order chi connectivity index (χ0) is 13.0. The van der Waals surface area contributed by atoms with E-state index in [0.717, 1.165) is 5.39 Å². The quantitative estimate of drug-likeness (QED) is 0.279. The van der Waals surface area contributed by atoms with Gasteiger partial charge in [0.15, 0.2) is 11.4 Å². The van der Waals surface area contributed by atoms with Crippen molar-refractivity contribution in [3.8, 4) is 6.19 Å². The summed E-state index contributed by atoms with van der Waals surface area (Å²) in [4.78, 5) is 15.3. The van der Waals surface area contributed by atoms with Crippen molar-refractivity contribution in [1.29, 1.82) is 5.26 Å². The summed E-state index contributed by atoms with van der Waals surface area (Å²) >= 11 is 1.34. The number of fused-ring (bicyclic) bond motifs is 1. The van der Waals surface area contributed by atoms with Crippen LogP contribution in [0.4, 0.5) is 5.69 Å². The predicted molar refractivity (Wildman–Crippen MR) is 71.8 cm³/mol. The minimum atomic E-state index is -0.380. The summed E-state index contributed by atoms with van der Waals surface area (Å²) in [6, 6.07) is 8.23. The van der Waals surface area contributed by atoms with E-state index in [1.54, 1.807) is 24.3 Å². The molecule has 0 amide bonds. The van der Waals surface area contributed by atoms with E-state index in [9.17, 15) is 4.79 Å². The molecule has 0 aliphatic heterocycles. The molecule has 0 spiro atoms. The smallest absolute Gasteiger partial charge is 0.336 e. The Bertz CT molecular complexity index is 700. The predicted octanol–water partition coefficient (Wildman–Crippen LogP) is 2.21. The van der Waals surface area contributed by atoms with Crippen molar-refractivity contribution in [2.75, 3.05) is 6.26 Å². The number of hydrogen-bond donors (Lipinski definition) is 1. The lowest BCUT2D eigenvalue weighted by molar-refractivity contribution is 0.561. The third-order valence-electron chi connectivity index (χ3n) is 2.19. The van der Waals surface area contributed by atoms with E-state index >= 15 is 0 Å². The molecule has 0 saturated heterocycles. The molecular formula is C12H9N3O2S. The third-order valence-corrected chi connectivity index (χ3v) is 2.77. The Balaban J connectivity index is 2.44. The topological polar surface area (TPSA) is 78.4 Å². The molecule has 90 valence electrons. The molecule has 5 nitrogen and oxygen atoms in total. The van der Waals surface area contributed by atoms with Crippen molar-refractivity contribution in [2.24, 2.45) is 4.99 Å². The fraction of sp³-hybridized carbons (Fsp3) is 0.0833. The zero-order valence-corrected chi connectivity index (χ0v) is 10.3. The largest absolute Gasteiger partial charge is 0.423 e. The molecule has 1 heterocycles. The number of thioether (sulfide) groups is 1. The first-order valence-electron chi connectivity index (χ1n) is 5.04. The van der Waals surface area contributed by atoms with Crippen LogP contribution in [0.2, 0.25) is 0 Å². The zero-order valence-electron chi connectivity index (χ0n) is 9.51. The summed E-state index contributed by atoms with van der Waals surface area (Å²) in [5.41, 5.74) is 0.818. The molecule has 0 aliphatic carbocycles. The van der Waals surface area contributed by atoms with Crippen LogP contribution in [0.15, 0.2) is 44.5 Å². The van der Waals surface area contributed by atoms with Gasteiger partial charge in [-0.25, -0.2) is 9.79 Å². The average Bonchev–Trinajstić information content (AvgIpc) is 2.38. The van der Waals surface area contributed by atoms with Gasteiger partial charge in [-0.1, -0.05) is 11.8 Å². The highest BCUT2D eigenvalue weighted by atomic mass is 32.2. The van der Waals surface area contributed by atoms with E-state index in [0.29, 0.717) is 16.4 Å². The van der Waals surface area contributed by atoms with E-state index in [-0.39, 0.29) is 5.63 Å². The highest BCUT2D eigenvalue weighted by molar-refractivity contribution is 8.13. The second kappa shape index (κ2) is 5.38. The molecule has 2 rings (SSSR count). The van der Waals surface area contributed by atoms with Crippen LogP contribution in [0.3, 0.4) is 0 Å². The van der Waals surface area contributed by atoms with Crippen LogP contribution < -0.4 is 10.9 Å². The van der Waals surface area contributed by atoms with Crippen LogP contribution in [-0.4, -0.2) is 11.4 Å². The molecule has 0 unspecified atom stereocenters.